The highest BCUT2D eigenvalue weighted by Crippen LogP contribution is 2.32. The zero-order chi connectivity index (χ0) is 22.4. The predicted octanol–water partition coefficient (Wildman–Crippen LogP) is 3.62. The van der Waals surface area contributed by atoms with Crippen LogP contribution in [-0.4, -0.2) is 42.5 Å². The van der Waals surface area contributed by atoms with Crippen LogP contribution in [0.1, 0.15) is 5.56 Å². The quantitative estimate of drug-likeness (QED) is 0.409. The third kappa shape index (κ3) is 5.40. The SMILES string of the molecule is CNS(=O)(=O)CCNc1ccc(-c2ccccc2)cc1-c1ccn(Cc2cccnc2)n1. The Balaban J connectivity index is 1.64. The van der Waals surface area contributed by atoms with E-state index in [1.165, 1.54) is 7.05 Å². The molecule has 4 rings (SSSR count). The average molecular weight is 448 g/mol. The molecule has 0 atom stereocenters. The second-order valence-electron chi connectivity index (χ2n) is 7.34. The third-order valence-corrected chi connectivity index (χ3v) is 6.47. The molecule has 0 saturated heterocycles. The van der Waals surface area contributed by atoms with Gasteiger partial charge in [0, 0.05) is 36.4 Å². The van der Waals surface area contributed by atoms with Crippen molar-refractivity contribution in [3.8, 4) is 22.4 Å². The van der Waals surface area contributed by atoms with Gasteiger partial charge in [-0.25, -0.2) is 13.1 Å². The van der Waals surface area contributed by atoms with Gasteiger partial charge >= 0.3 is 0 Å². The number of hydrogen-bond donors (Lipinski definition) is 2. The average Bonchev–Trinajstić information content (AvgIpc) is 3.28. The van der Waals surface area contributed by atoms with E-state index >= 15 is 0 Å². The Bertz CT molecular complexity index is 1270. The first-order chi connectivity index (χ1) is 15.5. The number of sulfonamides is 1. The summed E-state index contributed by atoms with van der Waals surface area (Å²) >= 11 is 0. The van der Waals surface area contributed by atoms with E-state index in [4.69, 9.17) is 5.10 Å². The molecule has 0 bridgehead atoms. The molecule has 32 heavy (non-hydrogen) atoms. The summed E-state index contributed by atoms with van der Waals surface area (Å²) in [6.07, 6.45) is 5.51. The van der Waals surface area contributed by atoms with Crippen LogP contribution in [0.4, 0.5) is 5.69 Å². The lowest BCUT2D eigenvalue weighted by molar-refractivity contribution is 0.588. The summed E-state index contributed by atoms with van der Waals surface area (Å²) < 4.78 is 27.8. The monoisotopic (exact) mass is 447 g/mol. The molecule has 2 aromatic carbocycles. The van der Waals surface area contributed by atoms with Crippen molar-refractivity contribution in [2.45, 2.75) is 6.54 Å². The number of rotatable bonds is 9. The molecule has 0 aliphatic heterocycles. The van der Waals surface area contributed by atoms with E-state index in [-0.39, 0.29) is 12.3 Å². The number of nitrogens with one attached hydrogen (secondary N) is 2. The van der Waals surface area contributed by atoms with Gasteiger partial charge in [-0.05, 0) is 48.0 Å². The largest absolute Gasteiger partial charge is 0.383 e. The Morgan fingerprint density at radius 2 is 1.81 bits per heavy atom. The van der Waals surface area contributed by atoms with E-state index in [0.29, 0.717) is 6.54 Å². The normalized spacial score (nSPS) is 11.4. The first-order valence-corrected chi connectivity index (χ1v) is 12.0. The minimum Gasteiger partial charge on any atom is -0.383 e. The molecule has 0 fully saturated rings. The molecule has 0 spiro atoms. The van der Waals surface area contributed by atoms with Crippen molar-refractivity contribution in [2.75, 3.05) is 24.7 Å². The third-order valence-electron chi connectivity index (χ3n) is 5.11. The van der Waals surface area contributed by atoms with E-state index < -0.39 is 10.0 Å². The van der Waals surface area contributed by atoms with Crippen molar-refractivity contribution in [3.05, 3.63) is 90.9 Å². The summed E-state index contributed by atoms with van der Waals surface area (Å²) in [5.74, 6) is -0.0151. The summed E-state index contributed by atoms with van der Waals surface area (Å²) in [6.45, 7) is 0.909. The number of anilines is 1. The van der Waals surface area contributed by atoms with Crippen LogP contribution in [0.2, 0.25) is 0 Å². The molecule has 7 nitrogen and oxygen atoms in total. The van der Waals surface area contributed by atoms with Crippen LogP contribution in [0.25, 0.3) is 22.4 Å². The molecule has 0 saturated carbocycles. The van der Waals surface area contributed by atoms with E-state index in [0.717, 1.165) is 33.6 Å². The van der Waals surface area contributed by atoms with Crippen molar-refractivity contribution in [3.63, 3.8) is 0 Å². The van der Waals surface area contributed by atoms with Gasteiger partial charge in [0.2, 0.25) is 10.0 Å². The molecule has 4 aromatic rings. The van der Waals surface area contributed by atoms with Crippen LogP contribution in [0.3, 0.4) is 0 Å². The van der Waals surface area contributed by atoms with E-state index in [9.17, 15) is 8.42 Å². The van der Waals surface area contributed by atoms with Gasteiger partial charge in [-0.2, -0.15) is 5.10 Å². The topological polar surface area (TPSA) is 88.9 Å². The molecule has 0 aliphatic rings. The molecule has 2 N–H and O–H groups in total. The van der Waals surface area contributed by atoms with Crippen LogP contribution in [0, 0.1) is 0 Å². The van der Waals surface area contributed by atoms with Crippen molar-refractivity contribution in [1.29, 1.82) is 0 Å². The zero-order valence-electron chi connectivity index (χ0n) is 17.8. The molecule has 2 aromatic heterocycles. The van der Waals surface area contributed by atoms with Gasteiger partial charge in [-0.1, -0.05) is 42.5 Å². The number of nitrogens with zero attached hydrogens (tertiary/aromatic N) is 3. The van der Waals surface area contributed by atoms with Gasteiger partial charge in [0.15, 0.2) is 0 Å². The number of benzene rings is 2. The van der Waals surface area contributed by atoms with Crippen molar-refractivity contribution < 1.29 is 8.42 Å². The summed E-state index contributed by atoms with van der Waals surface area (Å²) in [5, 5.41) is 8.02. The van der Waals surface area contributed by atoms with Crippen molar-refractivity contribution >= 4 is 15.7 Å². The minimum atomic E-state index is -3.29. The van der Waals surface area contributed by atoms with Crippen LogP contribution in [0.15, 0.2) is 85.3 Å². The summed E-state index contributed by atoms with van der Waals surface area (Å²) in [6, 6.07) is 22.1. The van der Waals surface area contributed by atoms with Gasteiger partial charge in [0.1, 0.15) is 0 Å². The van der Waals surface area contributed by atoms with Gasteiger partial charge < -0.3 is 5.32 Å². The lowest BCUT2D eigenvalue weighted by Crippen LogP contribution is -2.26. The summed E-state index contributed by atoms with van der Waals surface area (Å²) in [5.41, 5.74) is 5.80. The number of aromatic nitrogens is 3. The van der Waals surface area contributed by atoms with Crippen LogP contribution in [0.5, 0.6) is 0 Å². The van der Waals surface area contributed by atoms with E-state index in [2.05, 4.69) is 33.2 Å². The number of hydrogen-bond acceptors (Lipinski definition) is 5. The number of pyridine rings is 1. The smallest absolute Gasteiger partial charge is 0.213 e. The first kappa shape index (κ1) is 21.7. The second kappa shape index (κ2) is 9.76. The molecular formula is C24H25N5O2S. The maximum atomic E-state index is 11.8. The summed E-state index contributed by atoms with van der Waals surface area (Å²) in [4.78, 5) is 4.16. The van der Waals surface area contributed by atoms with E-state index in [1.807, 2.05) is 65.6 Å². The maximum Gasteiger partial charge on any atom is 0.213 e. The zero-order valence-corrected chi connectivity index (χ0v) is 18.6. The summed E-state index contributed by atoms with van der Waals surface area (Å²) in [7, 11) is -1.87. The fraction of sp³-hybridized carbons (Fsp3) is 0.167. The molecule has 2 heterocycles. The van der Waals surface area contributed by atoms with Crippen LogP contribution in [-0.2, 0) is 16.6 Å². The van der Waals surface area contributed by atoms with Gasteiger partial charge in [-0.3, -0.25) is 9.67 Å². The lowest BCUT2D eigenvalue weighted by atomic mass is 10.00. The second-order valence-corrected chi connectivity index (χ2v) is 9.38. The molecular weight excluding hydrogens is 422 g/mol. The van der Waals surface area contributed by atoms with Crippen molar-refractivity contribution in [1.82, 2.24) is 19.5 Å². The van der Waals surface area contributed by atoms with E-state index in [1.54, 1.807) is 6.20 Å². The molecule has 8 heteroatoms. The molecule has 0 amide bonds. The highest BCUT2D eigenvalue weighted by Gasteiger charge is 2.13. The maximum absolute atomic E-state index is 11.8. The molecule has 0 radical (unpaired) electrons. The predicted molar refractivity (Wildman–Crippen MR) is 128 cm³/mol. The fourth-order valence-corrected chi connectivity index (χ4v) is 3.99. The minimum absolute atomic E-state index is 0.0151. The Labute approximate surface area is 188 Å². The highest BCUT2D eigenvalue weighted by molar-refractivity contribution is 7.89. The lowest BCUT2D eigenvalue weighted by Gasteiger charge is -2.13. The van der Waals surface area contributed by atoms with Gasteiger partial charge in [0.05, 0.1) is 18.0 Å². The first-order valence-electron chi connectivity index (χ1n) is 10.3. The van der Waals surface area contributed by atoms with Gasteiger partial charge in [0.25, 0.3) is 0 Å². The molecule has 164 valence electrons. The van der Waals surface area contributed by atoms with Crippen LogP contribution >= 0.6 is 0 Å². The van der Waals surface area contributed by atoms with Crippen molar-refractivity contribution in [2.24, 2.45) is 0 Å². The highest BCUT2D eigenvalue weighted by atomic mass is 32.2. The van der Waals surface area contributed by atoms with Gasteiger partial charge in [-0.15, -0.1) is 0 Å². The molecule has 0 aliphatic carbocycles. The Hall–Kier alpha value is -3.49. The Morgan fingerprint density at radius 1 is 0.969 bits per heavy atom. The standard InChI is InChI=1S/C24H25N5O2S/c1-25-32(30,31)15-13-27-23-10-9-21(20-7-3-2-4-8-20)16-22(23)24-11-14-29(28-24)18-19-6-5-12-26-17-19/h2-12,14,16-17,25,27H,13,15,18H2,1H3. The van der Waals surface area contributed by atoms with Crippen LogP contribution < -0.4 is 10.0 Å². The Kier molecular flexibility index (Phi) is 6.63. The Morgan fingerprint density at radius 3 is 2.56 bits per heavy atom. The fourth-order valence-electron chi connectivity index (χ4n) is 3.41. The molecule has 0 unspecified atom stereocenters.